The number of rotatable bonds is 6. The lowest BCUT2D eigenvalue weighted by Gasteiger charge is -2.15. The molecule has 25 heavy (non-hydrogen) atoms. The van der Waals surface area contributed by atoms with Crippen LogP contribution in [-0.2, 0) is 11.2 Å². The molecule has 4 nitrogen and oxygen atoms in total. The minimum absolute atomic E-state index is 0.0705. The van der Waals surface area contributed by atoms with Crippen LogP contribution in [0.5, 0.6) is 11.5 Å². The molecule has 0 unspecified atom stereocenters. The maximum absolute atomic E-state index is 14.7. The topological polar surface area (TPSA) is 66.8 Å². The zero-order valence-electron chi connectivity index (χ0n) is 13.6. The fraction of sp³-hybridized carbons (Fsp3) is 0.278. The van der Waals surface area contributed by atoms with Gasteiger partial charge in [0.05, 0.1) is 0 Å². The number of ether oxygens (including phenoxy) is 1. The Morgan fingerprint density at radius 2 is 2.04 bits per heavy atom. The number of phenolic OH excluding ortho intramolecular Hbond substituents is 1. The van der Waals surface area contributed by atoms with Crippen LogP contribution in [0.1, 0.15) is 36.5 Å². The fourth-order valence-electron chi connectivity index (χ4n) is 2.48. The van der Waals surface area contributed by atoms with Gasteiger partial charge in [0.1, 0.15) is 17.3 Å². The van der Waals surface area contributed by atoms with Gasteiger partial charge in [0.25, 0.3) is 0 Å². The molecule has 2 N–H and O–H groups in total. The Morgan fingerprint density at radius 3 is 2.60 bits per heavy atom. The van der Waals surface area contributed by atoms with E-state index < -0.39 is 18.4 Å². The van der Waals surface area contributed by atoms with Crippen LogP contribution >= 0.6 is 27.5 Å². The Morgan fingerprint density at radius 1 is 1.36 bits per heavy atom. The van der Waals surface area contributed by atoms with Gasteiger partial charge in [0.2, 0.25) is 0 Å². The fourth-order valence-corrected chi connectivity index (χ4v) is 3.45. The van der Waals surface area contributed by atoms with Crippen LogP contribution < -0.4 is 4.74 Å². The summed E-state index contributed by atoms with van der Waals surface area (Å²) in [7, 11) is 0. The van der Waals surface area contributed by atoms with Gasteiger partial charge in [0.15, 0.2) is 6.61 Å². The molecule has 7 heteroatoms. The SMILES string of the molecule is CC(C)c1c(O)ccc(Cc2c(Cl)cc(OCC(=O)O)cc2Br)c1F. The van der Waals surface area contributed by atoms with Crippen molar-refractivity contribution in [1.29, 1.82) is 0 Å². The monoisotopic (exact) mass is 430 g/mol. The molecule has 0 aliphatic carbocycles. The van der Waals surface area contributed by atoms with Crippen molar-refractivity contribution in [2.45, 2.75) is 26.2 Å². The third kappa shape index (κ3) is 4.64. The first-order chi connectivity index (χ1) is 11.7. The van der Waals surface area contributed by atoms with Crippen LogP contribution in [-0.4, -0.2) is 22.8 Å². The lowest BCUT2D eigenvalue weighted by Crippen LogP contribution is -2.09. The summed E-state index contributed by atoms with van der Waals surface area (Å²) in [5.41, 5.74) is 1.32. The van der Waals surface area contributed by atoms with Crippen molar-refractivity contribution in [1.82, 2.24) is 0 Å². The van der Waals surface area contributed by atoms with Crippen molar-refractivity contribution < 1.29 is 24.1 Å². The lowest BCUT2D eigenvalue weighted by atomic mass is 9.95. The summed E-state index contributed by atoms with van der Waals surface area (Å²) in [6.07, 6.45) is 0.213. The molecule has 0 heterocycles. The van der Waals surface area contributed by atoms with E-state index in [4.69, 9.17) is 21.4 Å². The average molecular weight is 432 g/mol. The van der Waals surface area contributed by atoms with Gasteiger partial charge in [-0.05, 0) is 35.2 Å². The van der Waals surface area contributed by atoms with Crippen molar-refractivity contribution in [2.75, 3.05) is 6.61 Å². The van der Waals surface area contributed by atoms with E-state index in [9.17, 15) is 14.3 Å². The molecule has 2 aromatic rings. The van der Waals surface area contributed by atoms with Gasteiger partial charge in [-0.15, -0.1) is 0 Å². The van der Waals surface area contributed by atoms with Crippen molar-refractivity contribution in [3.05, 3.63) is 56.3 Å². The maximum Gasteiger partial charge on any atom is 0.341 e. The number of halogens is 3. The Hall–Kier alpha value is -1.79. The molecule has 2 aromatic carbocycles. The van der Waals surface area contributed by atoms with E-state index in [0.29, 0.717) is 26.4 Å². The van der Waals surface area contributed by atoms with E-state index in [2.05, 4.69) is 15.9 Å². The standard InChI is InChI=1S/C18H17BrClFO4/c1-9(2)17-15(22)4-3-10(18(17)21)5-12-13(19)6-11(7-14(12)20)25-8-16(23)24/h3-4,6-7,9,22H,5,8H2,1-2H3,(H,23,24). The molecule has 0 amide bonds. The number of benzene rings is 2. The molecule has 0 aromatic heterocycles. The Kier molecular flexibility index (Phi) is 6.30. The first-order valence-corrected chi connectivity index (χ1v) is 8.70. The molecule has 0 saturated carbocycles. The maximum atomic E-state index is 14.7. The molecule has 0 radical (unpaired) electrons. The predicted molar refractivity (Wildman–Crippen MR) is 97.2 cm³/mol. The van der Waals surface area contributed by atoms with Gasteiger partial charge in [-0.1, -0.05) is 47.4 Å². The zero-order chi connectivity index (χ0) is 18.7. The summed E-state index contributed by atoms with van der Waals surface area (Å²) < 4.78 is 20.4. The highest BCUT2D eigenvalue weighted by Gasteiger charge is 2.18. The first-order valence-electron chi connectivity index (χ1n) is 7.53. The zero-order valence-corrected chi connectivity index (χ0v) is 16.0. The van der Waals surface area contributed by atoms with E-state index in [0.717, 1.165) is 0 Å². The molecule has 0 spiro atoms. The van der Waals surface area contributed by atoms with Gasteiger partial charge < -0.3 is 14.9 Å². The van der Waals surface area contributed by atoms with Gasteiger partial charge in [-0.25, -0.2) is 9.18 Å². The second kappa shape index (κ2) is 8.06. The van der Waals surface area contributed by atoms with Crippen LogP contribution in [0.15, 0.2) is 28.7 Å². The van der Waals surface area contributed by atoms with Crippen molar-refractivity contribution in [3.63, 3.8) is 0 Å². The molecule has 0 saturated heterocycles. The number of carboxylic acids is 1. The second-order valence-electron chi connectivity index (χ2n) is 5.85. The van der Waals surface area contributed by atoms with Crippen molar-refractivity contribution >= 4 is 33.5 Å². The molecule has 0 bridgehead atoms. The third-order valence-corrected chi connectivity index (χ3v) is 4.70. The van der Waals surface area contributed by atoms with Crippen LogP contribution in [0.2, 0.25) is 5.02 Å². The van der Waals surface area contributed by atoms with Crippen LogP contribution in [0.25, 0.3) is 0 Å². The minimum Gasteiger partial charge on any atom is -0.508 e. The number of hydrogen-bond acceptors (Lipinski definition) is 3. The van der Waals surface area contributed by atoms with E-state index >= 15 is 0 Å². The third-order valence-electron chi connectivity index (χ3n) is 3.66. The van der Waals surface area contributed by atoms with Gasteiger partial charge in [0, 0.05) is 21.5 Å². The van der Waals surface area contributed by atoms with Gasteiger partial charge in [-0.3, -0.25) is 0 Å². The largest absolute Gasteiger partial charge is 0.508 e. The van der Waals surface area contributed by atoms with Gasteiger partial charge in [-0.2, -0.15) is 0 Å². The first kappa shape index (κ1) is 19.5. The highest BCUT2D eigenvalue weighted by molar-refractivity contribution is 9.10. The number of hydrogen-bond donors (Lipinski definition) is 2. The summed E-state index contributed by atoms with van der Waals surface area (Å²) in [4.78, 5) is 10.6. The number of phenols is 1. The quantitative estimate of drug-likeness (QED) is 0.666. The Bertz CT molecular complexity index is 785. The molecular weight excluding hydrogens is 415 g/mol. The molecule has 0 atom stereocenters. The lowest BCUT2D eigenvalue weighted by molar-refractivity contribution is -0.139. The summed E-state index contributed by atoms with van der Waals surface area (Å²) in [6.45, 7) is 3.13. The van der Waals surface area contributed by atoms with Gasteiger partial charge >= 0.3 is 5.97 Å². The van der Waals surface area contributed by atoms with E-state index in [1.54, 1.807) is 19.9 Å². The Labute approximate surface area is 158 Å². The highest BCUT2D eigenvalue weighted by atomic mass is 79.9. The molecule has 0 fully saturated rings. The number of carbonyl (C=O) groups is 1. The number of aromatic hydroxyl groups is 1. The Balaban J connectivity index is 2.35. The predicted octanol–water partition coefficient (Wildman–Crippen LogP) is 5.12. The van der Waals surface area contributed by atoms with E-state index in [-0.39, 0.29) is 23.7 Å². The minimum atomic E-state index is -1.09. The second-order valence-corrected chi connectivity index (χ2v) is 7.11. The molecule has 0 aliphatic heterocycles. The van der Waals surface area contributed by atoms with Crippen LogP contribution in [0.4, 0.5) is 4.39 Å². The average Bonchev–Trinajstić information content (AvgIpc) is 2.50. The molecule has 2 rings (SSSR count). The molecule has 134 valence electrons. The summed E-state index contributed by atoms with van der Waals surface area (Å²) in [6, 6.07) is 6.08. The van der Waals surface area contributed by atoms with Crippen LogP contribution in [0, 0.1) is 5.82 Å². The van der Waals surface area contributed by atoms with Crippen molar-refractivity contribution in [2.24, 2.45) is 0 Å². The smallest absolute Gasteiger partial charge is 0.341 e. The highest BCUT2D eigenvalue weighted by Crippen LogP contribution is 2.35. The van der Waals surface area contributed by atoms with E-state index in [1.807, 2.05) is 0 Å². The molecule has 0 aliphatic rings. The number of aliphatic carboxylic acids is 1. The molecular formula is C18H17BrClFO4. The number of carboxylic acid groups (broad SMARTS) is 1. The summed E-state index contributed by atoms with van der Waals surface area (Å²) in [5.74, 6) is -1.48. The summed E-state index contributed by atoms with van der Waals surface area (Å²) >= 11 is 9.62. The van der Waals surface area contributed by atoms with Crippen LogP contribution in [0.3, 0.4) is 0 Å². The van der Waals surface area contributed by atoms with Crippen molar-refractivity contribution in [3.8, 4) is 11.5 Å². The summed E-state index contributed by atoms with van der Waals surface area (Å²) in [5, 5.41) is 18.8. The normalized spacial score (nSPS) is 11.0. The van der Waals surface area contributed by atoms with E-state index in [1.165, 1.54) is 18.2 Å².